The Labute approximate surface area is 180 Å². The molecule has 160 valence electrons. The summed E-state index contributed by atoms with van der Waals surface area (Å²) >= 11 is 0. The average Bonchev–Trinajstić information content (AvgIpc) is 3.27. The zero-order valence-electron chi connectivity index (χ0n) is 17.6. The van der Waals surface area contributed by atoms with Crippen molar-refractivity contribution in [1.82, 2.24) is 24.9 Å². The lowest BCUT2D eigenvalue weighted by atomic mass is 9.64. The molecule has 3 fully saturated rings. The summed E-state index contributed by atoms with van der Waals surface area (Å²) < 4.78 is 13.2. The number of halogens is 1. The number of fused-ring (bicyclic) bond motifs is 2. The molecule has 1 aliphatic carbocycles. The first-order chi connectivity index (χ1) is 15.0. The molecule has 2 saturated heterocycles. The number of carbonyl (C=O) groups is 1. The van der Waals surface area contributed by atoms with Gasteiger partial charge in [0.15, 0.2) is 5.69 Å². The van der Waals surface area contributed by atoms with Crippen LogP contribution in [0.1, 0.15) is 35.9 Å². The zero-order chi connectivity index (χ0) is 21.5. The van der Waals surface area contributed by atoms with Gasteiger partial charge in [0.2, 0.25) is 0 Å². The molecule has 2 atom stereocenters. The second-order valence-electron chi connectivity index (χ2n) is 8.55. The summed E-state index contributed by atoms with van der Waals surface area (Å²) in [7, 11) is 0. The number of hydrogen-bond donors (Lipinski definition) is 1. The van der Waals surface area contributed by atoms with Gasteiger partial charge in [0.05, 0.1) is 18.4 Å². The molecule has 2 bridgehead atoms. The van der Waals surface area contributed by atoms with E-state index in [4.69, 9.17) is 0 Å². The fourth-order valence-electron chi connectivity index (χ4n) is 4.85. The molecule has 1 N–H and O–H groups in total. The van der Waals surface area contributed by atoms with Gasteiger partial charge in [-0.2, -0.15) is 10.2 Å². The predicted octanol–water partition coefficient (Wildman–Crippen LogP) is 3.46. The van der Waals surface area contributed by atoms with Crippen LogP contribution in [0.4, 0.5) is 10.1 Å². The molecular weight excluding hydrogens is 395 g/mol. The summed E-state index contributed by atoms with van der Waals surface area (Å²) in [5.74, 6) is 0.640. The molecule has 4 heterocycles. The second kappa shape index (κ2) is 7.76. The lowest BCUT2D eigenvalue weighted by Gasteiger charge is -2.57. The number of piperidine rings is 2. The van der Waals surface area contributed by atoms with Crippen LogP contribution >= 0.6 is 0 Å². The number of aryl methyl sites for hydroxylation is 1. The van der Waals surface area contributed by atoms with E-state index in [9.17, 15) is 9.18 Å². The van der Waals surface area contributed by atoms with Crippen molar-refractivity contribution in [2.24, 2.45) is 11.8 Å². The normalized spacial score (nSPS) is 24.5. The van der Waals surface area contributed by atoms with Crippen molar-refractivity contribution in [2.45, 2.75) is 38.8 Å². The highest BCUT2D eigenvalue weighted by molar-refractivity contribution is 5.96. The number of nitrogens with one attached hydrogen (secondary N) is 1. The monoisotopic (exact) mass is 420 g/mol. The molecule has 7 nitrogen and oxygen atoms in total. The first-order valence-corrected chi connectivity index (χ1v) is 10.7. The Bertz CT molecular complexity index is 1080. The zero-order valence-corrected chi connectivity index (χ0v) is 17.6. The van der Waals surface area contributed by atoms with Crippen LogP contribution in [-0.2, 0) is 0 Å². The van der Waals surface area contributed by atoms with Gasteiger partial charge in [0.1, 0.15) is 11.5 Å². The number of pyridine rings is 1. The Balaban J connectivity index is 1.45. The van der Waals surface area contributed by atoms with Crippen molar-refractivity contribution in [1.29, 1.82) is 0 Å². The quantitative estimate of drug-likeness (QED) is 0.684. The molecular formula is C23H25FN6O. The van der Waals surface area contributed by atoms with Gasteiger partial charge in [0, 0.05) is 24.0 Å². The number of rotatable bonds is 5. The number of anilines is 1. The highest BCUT2D eigenvalue weighted by atomic mass is 19.1. The van der Waals surface area contributed by atoms with Crippen molar-refractivity contribution in [3.63, 3.8) is 0 Å². The number of nitrogens with zero attached hydrogens (tertiary/aromatic N) is 5. The lowest BCUT2D eigenvalue weighted by molar-refractivity contribution is -0.0505. The van der Waals surface area contributed by atoms with Crippen molar-refractivity contribution >= 4 is 11.6 Å². The molecule has 6 rings (SSSR count). The number of carbonyl (C=O) groups excluding carboxylic acids is 1. The Kier molecular flexibility index (Phi) is 4.92. The van der Waals surface area contributed by atoms with E-state index in [1.54, 1.807) is 24.5 Å². The number of aromatic nitrogens is 4. The maximum absolute atomic E-state index is 13.8. The predicted molar refractivity (Wildman–Crippen MR) is 114 cm³/mol. The summed E-state index contributed by atoms with van der Waals surface area (Å²) in [6, 6.07) is 10.3. The van der Waals surface area contributed by atoms with Crippen LogP contribution in [0.2, 0.25) is 0 Å². The minimum Gasteiger partial charge on any atom is -0.383 e. The molecule has 1 amide bonds. The fraction of sp³-hybridized carbons (Fsp3) is 0.391. The molecule has 2 aliphatic heterocycles. The van der Waals surface area contributed by atoms with E-state index in [0.717, 1.165) is 24.2 Å². The molecule has 31 heavy (non-hydrogen) atoms. The van der Waals surface area contributed by atoms with Crippen molar-refractivity contribution in [3.8, 4) is 5.69 Å². The molecule has 1 saturated carbocycles. The second-order valence-corrected chi connectivity index (χ2v) is 8.55. The highest BCUT2D eigenvalue weighted by Gasteiger charge is 2.51. The Morgan fingerprint density at radius 2 is 1.84 bits per heavy atom. The van der Waals surface area contributed by atoms with Gasteiger partial charge in [0.25, 0.3) is 5.91 Å². The molecule has 0 spiro atoms. The molecule has 2 aromatic heterocycles. The van der Waals surface area contributed by atoms with Gasteiger partial charge < -0.3 is 10.2 Å². The molecule has 8 heteroatoms. The Morgan fingerprint density at radius 1 is 1.13 bits per heavy atom. The van der Waals surface area contributed by atoms with E-state index < -0.39 is 0 Å². The third-order valence-electron chi connectivity index (χ3n) is 6.69. The number of amides is 1. The smallest absolute Gasteiger partial charge is 0.275 e. The van der Waals surface area contributed by atoms with Crippen molar-refractivity contribution in [3.05, 3.63) is 66.0 Å². The third kappa shape index (κ3) is 3.56. The summed E-state index contributed by atoms with van der Waals surface area (Å²) in [6.45, 7) is 4.70. The number of hydrogen-bond acceptors (Lipinski definition) is 5. The van der Waals surface area contributed by atoms with Crippen LogP contribution in [0.5, 0.6) is 0 Å². The standard InChI is InChI=1S/C23H25FN6O/c1-14-3-8-20(30-26-9-10-27-30)22(28-14)23(31)29-19-11-16(12-19)15(2)21(29)13-25-18-6-4-17(24)5-7-18/h3-10,15-16,19,21,25H,11-13H2,1-2H3. The molecule has 1 aromatic carbocycles. The molecule has 2 unspecified atom stereocenters. The van der Waals surface area contributed by atoms with Crippen molar-refractivity contribution < 1.29 is 9.18 Å². The highest BCUT2D eigenvalue weighted by Crippen LogP contribution is 2.47. The van der Waals surface area contributed by atoms with E-state index >= 15 is 0 Å². The van der Waals surface area contributed by atoms with Crippen LogP contribution in [0.25, 0.3) is 5.69 Å². The van der Waals surface area contributed by atoms with Crippen LogP contribution < -0.4 is 5.32 Å². The largest absolute Gasteiger partial charge is 0.383 e. The first kappa shape index (κ1) is 19.7. The van der Waals surface area contributed by atoms with Crippen LogP contribution in [0.15, 0.2) is 48.8 Å². The lowest BCUT2D eigenvalue weighted by Crippen LogP contribution is -2.64. The van der Waals surface area contributed by atoms with E-state index in [0.29, 0.717) is 29.8 Å². The topological polar surface area (TPSA) is 75.9 Å². The Hall–Kier alpha value is -3.29. The van der Waals surface area contributed by atoms with Crippen LogP contribution in [-0.4, -0.2) is 49.4 Å². The van der Waals surface area contributed by atoms with E-state index in [-0.39, 0.29) is 23.8 Å². The van der Waals surface area contributed by atoms with Crippen LogP contribution in [0.3, 0.4) is 0 Å². The summed E-state index contributed by atoms with van der Waals surface area (Å²) in [4.78, 5) is 21.9. The minimum atomic E-state index is -0.264. The summed E-state index contributed by atoms with van der Waals surface area (Å²) in [5.41, 5.74) is 2.58. The van der Waals surface area contributed by atoms with Crippen LogP contribution in [0, 0.1) is 24.6 Å². The summed E-state index contributed by atoms with van der Waals surface area (Å²) in [6.07, 6.45) is 5.23. The SMILES string of the molecule is Cc1ccc(-n2nccn2)c(C(=O)N2C3CC(C3)C(C)C2CNc2ccc(F)cc2)n1. The van der Waals surface area contributed by atoms with Crippen molar-refractivity contribution in [2.75, 3.05) is 11.9 Å². The van der Waals surface area contributed by atoms with Gasteiger partial charge >= 0.3 is 0 Å². The maximum atomic E-state index is 13.8. The third-order valence-corrected chi connectivity index (χ3v) is 6.69. The van der Waals surface area contributed by atoms with E-state index in [1.165, 1.54) is 16.9 Å². The maximum Gasteiger partial charge on any atom is 0.275 e. The minimum absolute atomic E-state index is 0.0239. The van der Waals surface area contributed by atoms with Gasteiger partial charge in [-0.15, -0.1) is 4.80 Å². The van der Waals surface area contributed by atoms with Gasteiger partial charge in [-0.05, 0) is 68.0 Å². The van der Waals surface area contributed by atoms with E-state index in [1.807, 2.05) is 24.0 Å². The molecule has 3 aliphatic rings. The first-order valence-electron chi connectivity index (χ1n) is 10.7. The van der Waals surface area contributed by atoms with E-state index in [2.05, 4.69) is 27.4 Å². The molecule has 3 aromatic rings. The van der Waals surface area contributed by atoms with Gasteiger partial charge in [-0.3, -0.25) is 4.79 Å². The fourth-order valence-corrected chi connectivity index (χ4v) is 4.85. The average molecular weight is 420 g/mol. The Morgan fingerprint density at radius 3 is 2.55 bits per heavy atom. The van der Waals surface area contributed by atoms with Gasteiger partial charge in [-0.25, -0.2) is 9.37 Å². The summed E-state index contributed by atoms with van der Waals surface area (Å²) in [5, 5.41) is 11.8. The van der Waals surface area contributed by atoms with Gasteiger partial charge in [-0.1, -0.05) is 6.92 Å². The molecule has 0 radical (unpaired) electrons. The number of benzene rings is 1.